The molecule has 1 aromatic carbocycles. The minimum absolute atomic E-state index is 0.237. The molecule has 2 rings (SSSR count). The number of phenolic OH excluding ortho intramolecular Hbond substituents is 1. The molecule has 0 unspecified atom stereocenters. The Bertz CT molecular complexity index is 490. The van der Waals surface area contributed by atoms with E-state index >= 15 is 0 Å². The van der Waals surface area contributed by atoms with E-state index in [9.17, 15) is 5.11 Å². The summed E-state index contributed by atoms with van der Waals surface area (Å²) in [6.07, 6.45) is 1.63. The van der Waals surface area contributed by atoms with Crippen molar-refractivity contribution < 1.29 is 5.11 Å². The van der Waals surface area contributed by atoms with E-state index in [0.29, 0.717) is 18.1 Å². The van der Waals surface area contributed by atoms with Gasteiger partial charge in [0.25, 0.3) is 0 Å². The highest BCUT2D eigenvalue weighted by Crippen LogP contribution is 2.21. The summed E-state index contributed by atoms with van der Waals surface area (Å²) in [5.41, 5.74) is 1.62. The summed E-state index contributed by atoms with van der Waals surface area (Å²) in [4.78, 5) is 0. The van der Waals surface area contributed by atoms with E-state index in [4.69, 9.17) is 11.6 Å². The quantitative estimate of drug-likeness (QED) is 0.872. The molecular weight excluding hydrogens is 238 g/mol. The second kappa shape index (κ2) is 5.61. The number of rotatable bonds is 4. The molecule has 5 heteroatoms. The molecule has 1 aromatic heterocycles. The number of halogens is 1. The second-order valence-corrected chi connectivity index (χ2v) is 4.03. The monoisotopic (exact) mass is 249 g/mol. The van der Waals surface area contributed by atoms with Gasteiger partial charge in [0, 0.05) is 29.9 Å². The van der Waals surface area contributed by atoms with Crippen molar-refractivity contribution in [2.24, 2.45) is 0 Å². The molecular formula is C12H12ClN3O. The molecule has 0 fully saturated rings. The summed E-state index contributed by atoms with van der Waals surface area (Å²) in [5, 5.41) is 21.1. The van der Waals surface area contributed by atoms with Crippen LogP contribution >= 0.6 is 11.6 Å². The molecule has 0 aliphatic rings. The highest BCUT2D eigenvalue weighted by Gasteiger charge is 2.02. The van der Waals surface area contributed by atoms with E-state index < -0.39 is 0 Å². The van der Waals surface area contributed by atoms with Crippen molar-refractivity contribution in [3.63, 3.8) is 0 Å². The summed E-state index contributed by atoms with van der Waals surface area (Å²) in [6.45, 7) is 1.13. The summed E-state index contributed by atoms with van der Waals surface area (Å²) < 4.78 is 0. The lowest BCUT2D eigenvalue weighted by molar-refractivity contribution is 0.464. The van der Waals surface area contributed by atoms with Gasteiger partial charge in [-0.15, -0.1) is 0 Å². The number of nitrogens with zero attached hydrogens (tertiary/aromatic N) is 2. The Balaban J connectivity index is 1.92. The molecule has 0 saturated carbocycles. The zero-order chi connectivity index (χ0) is 12.1. The van der Waals surface area contributed by atoms with Crippen LogP contribution in [0.1, 0.15) is 11.3 Å². The molecule has 0 aliphatic heterocycles. The number of hydrogen-bond donors (Lipinski definition) is 2. The molecule has 0 spiro atoms. The maximum Gasteiger partial charge on any atom is 0.120 e. The van der Waals surface area contributed by atoms with Gasteiger partial charge in [-0.2, -0.15) is 10.2 Å². The van der Waals surface area contributed by atoms with Crippen LogP contribution in [0.5, 0.6) is 5.75 Å². The van der Waals surface area contributed by atoms with Gasteiger partial charge in [-0.1, -0.05) is 11.6 Å². The Morgan fingerprint density at radius 1 is 1.24 bits per heavy atom. The van der Waals surface area contributed by atoms with Crippen LogP contribution in [0.2, 0.25) is 5.02 Å². The van der Waals surface area contributed by atoms with E-state index in [2.05, 4.69) is 15.5 Å². The first kappa shape index (κ1) is 11.8. The summed E-state index contributed by atoms with van der Waals surface area (Å²) in [7, 11) is 0. The molecule has 1 heterocycles. The SMILES string of the molecule is Oc1ccc(Cl)cc1CNCc1cccnn1. The third kappa shape index (κ3) is 3.41. The van der Waals surface area contributed by atoms with Crippen molar-refractivity contribution in [2.45, 2.75) is 13.1 Å². The van der Waals surface area contributed by atoms with E-state index in [1.54, 1.807) is 24.4 Å². The van der Waals surface area contributed by atoms with Crippen LogP contribution in [0.3, 0.4) is 0 Å². The van der Waals surface area contributed by atoms with Crippen molar-refractivity contribution in [1.29, 1.82) is 0 Å². The highest BCUT2D eigenvalue weighted by molar-refractivity contribution is 6.30. The average molecular weight is 250 g/mol. The summed E-state index contributed by atoms with van der Waals surface area (Å²) >= 11 is 5.85. The first-order valence-electron chi connectivity index (χ1n) is 5.20. The van der Waals surface area contributed by atoms with Crippen molar-refractivity contribution in [2.75, 3.05) is 0 Å². The first-order valence-corrected chi connectivity index (χ1v) is 5.58. The van der Waals surface area contributed by atoms with E-state index in [-0.39, 0.29) is 5.75 Å². The molecule has 4 nitrogen and oxygen atoms in total. The van der Waals surface area contributed by atoms with E-state index in [0.717, 1.165) is 11.3 Å². The number of hydrogen-bond acceptors (Lipinski definition) is 4. The molecule has 0 aliphatic carbocycles. The fraction of sp³-hybridized carbons (Fsp3) is 0.167. The highest BCUT2D eigenvalue weighted by atomic mass is 35.5. The fourth-order valence-electron chi connectivity index (χ4n) is 1.45. The van der Waals surface area contributed by atoms with Crippen molar-refractivity contribution in [3.8, 4) is 5.75 Å². The minimum atomic E-state index is 0.237. The predicted molar refractivity (Wildman–Crippen MR) is 65.7 cm³/mol. The van der Waals surface area contributed by atoms with Crippen molar-refractivity contribution in [1.82, 2.24) is 15.5 Å². The third-order valence-corrected chi connectivity index (χ3v) is 2.53. The lowest BCUT2D eigenvalue weighted by atomic mass is 10.2. The van der Waals surface area contributed by atoms with Crippen LogP contribution in [0, 0.1) is 0 Å². The number of benzene rings is 1. The smallest absolute Gasteiger partial charge is 0.120 e. The molecule has 0 atom stereocenters. The van der Waals surface area contributed by atoms with E-state index in [1.165, 1.54) is 0 Å². The molecule has 2 aromatic rings. The van der Waals surface area contributed by atoms with Gasteiger partial charge in [-0.05, 0) is 30.3 Å². The number of aromatic nitrogens is 2. The Hall–Kier alpha value is -1.65. The Morgan fingerprint density at radius 2 is 2.12 bits per heavy atom. The predicted octanol–water partition coefficient (Wildman–Crippen LogP) is 2.13. The lowest BCUT2D eigenvalue weighted by Crippen LogP contribution is -2.14. The van der Waals surface area contributed by atoms with Crippen LogP contribution < -0.4 is 5.32 Å². The van der Waals surface area contributed by atoms with Crippen LogP contribution in [-0.4, -0.2) is 15.3 Å². The minimum Gasteiger partial charge on any atom is -0.508 e. The van der Waals surface area contributed by atoms with Crippen LogP contribution in [-0.2, 0) is 13.1 Å². The third-order valence-electron chi connectivity index (χ3n) is 2.29. The van der Waals surface area contributed by atoms with Gasteiger partial charge >= 0.3 is 0 Å². The van der Waals surface area contributed by atoms with Gasteiger partial charge in [0.15, 0.2) is 0 Å². The zero-order valence-corrected chi connectivity index (χ0v) is 9.85. The van der Waals surface area contributed by atoms with Crippen molar-refractivity contribution in [3.05, 3.63) is 52.8 Å². The van der Waals surface area contributed by atoms with Gasteiger partial charge in [0.05, 0.1) is 5.69 Å². The van der Waals surface area contributed by atoms with Crippen LogP contribution in [0.15, 0.2) is 36.5 Å². The zero-order valence-electron chi connectivity index (χ0n) is 9.10. The molecule has 0 saturated heterocycles. The van der Waals surface area contributed by atoms with Gasteiger partial charge in [-0.3, -0.25) is 0 Å². The summed E-state index contributed by atoms with van der Waals surface area (Å²) in [5.74, 6) is 0.237. The normalized spacial score (nSPS) is 10.4. The summed E-state index contributed by atoms with van der Waals surface area (Å²) in [6, 6.07) is 8.70. The van der Waals surface area contributed by atoms with E-state index in [1.807, 2.05) is 12.1 Å². The van der Waals surface area contributed by atoms with Gasteiger partial charge in [-0.25, -0.2) is 0 Å². The molecule has 88 valence electrons. The average Bonchev–Trinajstić information content (AvgIpc) is 2.35. The number of aromatic hydroxyl groups is 1. The number of nitrogens with one attached hydrogen (secondary N) is 1. The second-order valence-electron chi connectivity index (χ2n) is 3.59. The maximum absolute atomic E-state index is 9.61. The Labute approximate surface area is 104 Å². The van der Waals surface area contributed by atoms with Crippen LogP contribution in [0.4, 0.5) is 0 Å². The first-order chi connectivity index (χ1) is 8.25. The number of phenols is 1. The maximum atomic E-state index is 9.61. The molecule has 2 N–H and O–H groups in total. The fourth-order valence-corrected chi connectivity index (χ4v) is 1.64. The lowest BCUT2D eigenvalue weighted by Gasteiger charge is -2.06. The van der Waals surface area contributed by atoms with Crippen LogP contribution in [0.25, 0.3) is 0 Å². The van der Waals surface area contributed by atoms with Gasteiger partial charge < -0.3 is 10.4 Å². The van der Waals surface area contributed by atoms with Gasteiger partial charge in [0.2, 0.25) is 0 Å². The Kier molecular flexibility index (Phi) is 3.90. The molecule has 0 amide bonds. The Morgan fingerprint density at radius 3 is 2.88 bits per heavy atom. The molecule has 17 heavy (non-hydrogen) atoms. The topological polar surface area (TPSA) is 58.0 Å². The standard InChI is InChI=1S/C12H12ClN3O/c13-10-3-4-12(17)9(6-10)7-14-8-11-2-1-5-15-16-11/h1-6,14,17H,7-8H2. The molecule has 0 bridgehead atoms. The van der Waals surface area contributed by atoms with Gasteiger partial charge in [0.1, 0.15) is 5.75 Å². The molecule has 0 radical (unpaired) electrons. The largest absolute Gasteiger partial charge is 0.508 e. The van der Waals surface area contributed by atoms with Crippen molar-refractivity contribution >= 4 is 11.6 Å².